The lowest BCUT2D eigenvalue weighted by molar-refractivity contribution is -0.534. The van der Waals surface area contributed by atoms with Crippen LogP contribution >= 0.6 is 0 Å². The number of benzene rings is 3. The first-order valence-corrected chi connectivity index (χ1v) is 12.3. The van der Waals surface area contributed by atoms with Crippen LogP contribution in [0.5, 0.6) is 11.5 Å². The minimum atomic E-state index is -1.37. The molecular formula is C28H26FN3O5. The lowest BCUT2D eigenvalue weighted by Gasteiger charge is -2.32. The van der Waals surface area contributed by atoms with E-state index in [0.717, 1.165) is 18.4 Å². The SMILES string of the molecule is COc1cc([C@@H]2[C@@H]3CCCN3[C@@]3(C(=O)Nc4ccccc43)[C@@H]2[N+](=O)[O-])ccc1OCc1cccc(F)c1. The van der Waals surface area contributed by atoms with E-state index in [4.69, 9.17) is 9.47 Å². The Morgan fingerprint density at radius 2 is 1.97 bits per heavy atom. The highest BCUT2D eigenvalue weighted by Crippen LogP contribution is 2.58. The molecular weight excluding hydrogens is 477 g/mol. The summed E-state index contributed by atoms with van der Waals surface area (Å²) in [5, 5.41) is 15.7. The molecule has 0 radical (unpaired) electrons. The largest absolute Gasteiger partial charge is 0.493 e. The summed E-state index contributed by atoms with van der Waals surface area (Å²) < 4.78 is 25.1. The second-order valence-electron chi connectivity index (χ2n) is 9.75. The van der Waals surface area contributed by atoms with Gasteiger partial charge >= 0.3 is 0 Å². The van der Waals surface area contributed by atoms with E-state index in [9.17, 15) is 19.3 Å². The number of nitrogens with zero attached hydrogens (tertiary/aromatic N) is 2. The Bertz CT molecular complexity index is 1400. The Morgan fingerprint density at radius 3 is 2.76 bits per heavy atom. The summed E-state index contributed by atoms with van der Waals surface area (Å²) in [7, 11) is 1.51. The molecule has 2 saturated heterocycles. The molecule has 3 aromatic carbocycles. The third-order valence-electron chi connectivity index (χ3n) is 7.95. The van der Waals surface area contributed by atoms with Crippen molar-refractivity contribution in [2.45, 2.75) is 43.0 Å². The van der Waals surface area contributed by atoms with E-state index < -0.39 is 17.5 Å². The Morgan fingerprint density at radius 1 is 1.14 bits per heavy atom. The predicted molar refractivity (Wildman–Crippen MR) is 134 cm³/mol. The third-order valence-corrected chi connectivity index (χ3v) is 7.95. The zero-order valence-electron chi connectivity index (χ0n) is 20.2. The van der Waals surface area contributed by atoms with Gasteiger partial charge in [0.2, 0.25) is 0 Å². The molecule has 3 aliphatic rings. The summed E-state index contributed by atoms with van der Waals surface area (Å²) in [6.07, 6.45) is 1.61. The molecule has 190 valence electrons. The zero-order chi connectivity index (χ0) is 25.7. The Kier molecular flexibility index (Phi) is 5.60. The van der Waals surface area contributed by atoms with E-state index in [1.807, 2.05) is 29.2 Å². The Balaban J connectivity index is 1.40. The number of carbonyl (C=O) groups is 1. The summed E-state index contributed by atoms with van der Waals surface area (Å²) in [4.78, 5) is 28.1. The molecule has 1 N–H and O–H groups in total. The van der Waals surface area contributed by atoms with Crippen LogP contribution in [0, 0.1) is 15.9 Å². The fourth-order valence-corrected chi connectivity index (χ4v) is 6.57. The van der Waals surface area contributed by atoms with Crippen molar-refractivity contribution in [3.63, 3.8) is 0 Å². The molecule has 3 heterocycles. The van der Waals surface area contributed by atoms with Gasteiger partial charge in [-0.2, -0.15) is 0 Å². The van der Waals surface area contributed by atoms with Crippen molar-refractivity contribution < 1.29 is 23.6 Å². The van der Waals surface area contributed by atoms with Gasteiger partial charge in [-0.05, 0) is 54.3 Å². The fourth-order valence-electron chi connectivity index (χ4n) is 6.57. The predicted octanol–water partition coefficient (Wildman–Crippen LogP) is 4.47. The van der Waals surface area contributed by atoms with E-state index >= 15 is 0 Å². The van der Waals surface area contributed by atoms with E-state index in [-0.39, 0.29) is 29.3 Å². The van der Waals surface area contributed by atoms with Gasteiger partial charge < -0.3 is 14.8 Å². The number of rotatable bonds is 6. The molecule has 6 rings (SSSR count). The topological polar surface area (TPSA) is 93.9 Å². The first-order valence-electron chi connectivity index (χ1n) is 12.3. The number of nitro groups is 1. The second kappa shape index (κ2) is 8.85. The van der Waals surface area contributed by atoms with Gasteiger partial charge in [-0.3, -0.25) is 19.8 Å². The maximum atomic E-state index is 13.6. The van der Waals surface area contributed by atoms with Crippen LogP contribution in [0.25, 0.3) is 0 Å². The van der Waals surface area contributed by atoms with Gasteiger partial charge in [-0.1, -0.05) is 36.4 Å². The molecule has 8 nitrogen and oxygen atoms in total. The van der Waals surface area contributed by atoms with Crippen LogP contribution in [0.4, 0.5) is 10.1 Å². The summed E-state index contributed by atoms with van der Waals surface area (Å²) in [6, 6.07) is 17.4. The average Bonchev–Trinajstić information content (AvgIpc) is 3.56. The zero-order valence-corrected chi connectivity index (χ0v) is 20.2. The molecule has 0 aliphatic carbocycles. The maximum Gasteiger partial charge on any atom is 0.256 e. The number of hydrogen-bond donors (Lipinski definition) is 1. The van der Waals surface area contributed by atoms with Crippen molar-refractivity contribution in [1.29, 1.82) is 0 Å². The number of anilines is 1. The number of halogens is 1. The molecule has 4 atom stereocenters. The third kappa shape index (κ3) is 3.48. The Hall–Kier alpha value is -3.98. The molecule has 0 bridgehead atoms. The van der Waals surface area contributed by atoms with Crippen LogP contribution in [-0.4, -0.2) is 41.5 Å². The normalized spacial score (nSPS) is 26.1. The van der Waals surface area contributed by atoms with Gasteiger partial charge in [0.25, 0.3) is 11.9 Å². The highest BCUT2D eigenvalue weighted by atomic mass is 19.1. The molecule has 9 heteroatoms. The number of carbonyl (C=O) groups excluding carboxylic acids is 1. The second-order valence-corrected chi connectivity index (χ2v) is 9.75. The number of amides is 1. The molecule has 2 fully saturated rings. The fraction of sp³-hybridized carbons (Fsp3) is 0.321. The minimum Gasteiger partial charge on any atom is -0.493 e. The van der Waals surface area contributed by atoms with Gasteiger partial charge in [0.15, 0.2) is 17.0 Å². The number of para-hydroxylation sites is 1. The van der Waals surface area contributed by atoms with Crippen LogP contribution in [0.15, 0.2) is 66.7 Å². The number of nitrogens with one attached hydrogen (secondary N) is 1. The molecule has 3 aromatic rings. The summed E-state index contributed by atoms with van der Waals surface area (Å²) in [6.45, 7) is 0.754. The van der Waals surface area contributed by atoms with Gasteiger partial charge in [-0.15, -0.1) is 0 Å². The van der Waals surface area contributed by atoms with Crippen molar-refractivity contribution in [3.05, 3.63) is 99.4 Å². The van der Waals surface area contributed by atoms with Gasteiger partial charge in [0.1, 0.15) is 12.4 Å². The molecule has 0 aromatic heterocycles. The molecule has 1 amide bonds. The van der Waals surface area contributed by atoms with Crippen LogP contribution in [0.3, 0.4) is 0 Å². The van der Waals surface area contributed by atoms with E-state index in [2.05, 4.69) is 5.32 Å². The highest BCUT2D eigenvalue weighted by Gasteiger charge is 2.73. The van der Waals surface area contributed by atoms with E-state index in [1.165, 1.54) is 19.2 Å². The number of hydrogen-bond acceptors (Lipinski definition) is 6. The number of methoxy groups -OCH3 is 1. The highest BCUT2D eigenvalue weighted by molar-refractivity contribution is 6.07. The van der Waals surface area contributed by atoms with Crippen LogP contribution in [0.2, 0.25) is 0 Å². The molecule has 0 saturated carbocycles. The van der Waals surface area contributed by atoms with Gasteiger partial charge in [-0.25, -0.2) is 4.39 Å². The van der Waals surface area contributed by atoms with Crippen molar-refractivity contribution >= 4 is 11.6 Å². The van der Waals surface area contributed by atoms with E-state index in [0.29, 0.717) is 34.9 Å². The van der Waals surface area contributed by atoms with Crippen molar-refractivity contribution in [2.24, 2.45) is 0 Å². The van der Waals surface area contributed by atoms with Gasteiger partial charge in [0.05, 0.1) is 13.0 Å². The number of fused-ring (bicyclic) bond motifs is 4. The van der Waals surface area contributed by atoms with Crippen LogP contribution in [-0.2, 0) is 16.9 Å². The summed E-state index contributed by atoms with van der Waals surface area (Å²) in [5.74, 6) is -0.332. The maximum absolute atomic E-state index is 13.6. The lowest BCUT2D eigenvalue weighted by atomic mass is 9.77. The first kappa shape index (κ1) is 23.4. The summed E-state index contributed by atoms with van der Waals surface area (Å²) in [5.41, 5.74) is 1.32. The molecule has 1 spiro atoms. The van der Waals surface area contributed by atoms with E-state index in [1.54, 1.807) is 30.3 Å². The number of ether oxygens (including phenoxy) is 2. The average molecular weight is 504 g/mol. The van der Waals surface area contributed by atoms with Crippen molar-refractivity contribution in [3.8, 4) is 11.5 Å². The summed E-state index contributed by atoms with van der Waals surface area (Å²) >= 11 is 0. The quantitative estimate of drug-likeness (QED) is 0.394. The monoisotopic (exact) mass is 503 g/mol. The standard InChI is InChI=1S/C28H26FN3O5/c1-36-24-15-18(11-12-23(24)37-16-17-6-4-7-19(29)14-17)25-22-10-5-13-31(22)28(26(25)32(34)35)20-8-2-3-9-21(20)30-27(28)33/h2-4,6-9,11-12,14-15,22,25-26H,5,10,13,16H2,1H3,(H,30,33)/t22-,25+,26+,28+/m0/s1. The van der Waals surface area contributed by atoms with Crippen molar-refractivity contribution in [2.75, 3.05) is 19.0 Å². The smallest absolute Gasteiger partial charge is 0.256 e. The van der Waals surface area contributed by atoms with Crippen molar-refractivity contribution in [1.82, 2.24) is 4.90 Å². The lowest BCUT2D eigenvalue weighted by Crippen LogP contribution is -2.55. The van der Waals surface area contributed by atoms with Crippen LogP contribution < -0.4 is 14.8 Å². The molecule has 37 heavy (non-hydrogen) atoms. The molecule has 3 aliphatic heterocycles. The van der Waals surface area contributed by atoms with Crippen LogP contribution in [0.1, 0.15) is 35.4 Å². The van der Waals surface area contributed by atoms with Gasteiger partial charge in [0, 0.05) is 28.8 Å². The first-order chi connectivity index (χ1) is 17.9. The minimum absolute atomic E-state index is 0.144. The molecule has 0 unspecified atom stereocenters. The Labute approximate surface area is 213 Å².